The van der Waals surface area contributed by atoms with Crippen LogP contribution in [0, 0.1) is 20.8 Å². The second kappa shape index (κ2) is 10.8. The summed E-state index contributed by atoms with van der Waals surface area (Å²) in [5, 5.41) is 4.61. The minimum absolute atomic E-state index is 0.109. The quantitative estimate of drug-likeness (QED) is 0.208. The van der Waals surface area contributed by atoms with Crippen molar-refractivity contribution >= 4 is 51.0 Å². The van der Waals surface area contributed by atoms with E-state index in [-0.39, 0.29) is 21.2 Å². The maximum atomic E-state index is 12.9. The van der Waals surface area contributed by atoms with Crippen LogP contribution in [0.15, 0.2) is 82.8 Å². The number of hydrogen-bond acceptors (Lipinski definition) is 4. The van der Waals surface area contributed by atoms with Gasteiger partial charge in [0.05, 0.1) is 21.8 Å². The van der Waals surface area contributed by atoms with Crippen molar-refractivity contribution in [3.8, 4) is 5.69 Å². The molecule has 4 aromatic rings. The fourth-order valence-electron chi connectivity index (χ4n) is 3.82. The number of halogens is 2. The molecule has 0 atom stereocenters. The molecule has 1 amide bonds. The Morgan fingerprint density at radius 3 is 2.41 bits per heavy atom. The molecule has 0 radical (unpaired) electrons. The zero-order valence-corrected chi connectivity index (χ0v) is 22.6. The summed E-state index contributed by atoms with van der Waals surface area (Å²) in [6.45, 7) is 6.01. The number of hydrogen-bond donors (Lipinski definition) is 2. The van der Waals surface area contributed by atoms with Gasteiger partial charge in [0.25, 0.3) is 15.9 Å². The number of aryl methyl sites for hydroxylation is 2. The van der Waals surface area contributed by atoms with E-state index in [4.69, 9.17) is 23.2 Å². The summed E-state index contributed by atoms with van der Waals surface area (Å²) in [5.41, 5.74) is 7.78. The number of sulfonamides is 1. The molecule has 0 unspecified atom stereocenters. The zero-order chi connectivity index (χ0) is 26.7. The molecule has 4 rings (SSSR count). The number of benzene rings is 3. The van der Waals surface area contributed by atoms with E-state index in [0.29, 0.717) is 5.02 Å². The molecule has 0 aliphatic rings. The molecule has 190 valence electrons. The van der Waals surface area contributed by atoms with Crippen LogP contribution in [0.5, 0.6) is 0 Å². The van der Waals surface area contributed by atoms with Crippen molar-refractivity contribution in [2.75, 3.05) is 4.72 Å². The lowest BCUT2D eigenvalue weighted by molar-refractivity contribution is 0.0955. The van der Waals surface area contributed by atoms with E-state index in [0.717, 1.165) is 22.6 Å². The minimum Gasteiger partial charge on any atom is -0.318 e. The lowest BCUT2D eigenvalue weighted by Gasteiger charge is -2.11. The van der Waals surface area contributed by atoms with Crippen molar-refractivity contribution in [3.63, 3.8) is 0 Å². The summed E-state index contributed by atoms with van der Waals surface area (Å²) < 4.78 is 30.2. The average Bonchev–Trinajstić information content (AvgIpc) is 3.14. The van der Waals surface area contributed by atoms with E-state index < -0.39 is 15.9 Å². The lowest BCUT2D eigenvalue weighted by Crippen LogP contribution is -2.19. The second-order valence-electron chi connectivity index (χ2n) is 8.45. The SMILES string of the molecule is Cc1ccc(-n2c(C)cc(/C=N/NC(=O)c3cccc(S(=O)(=O)Nc4cc(Cl)ccc4Cl)c3)c2C)cc1. The Hall–Kier alpha value is -3.59. The minimum atomic E-state index is -4.02. The molecule has 1 heterocycles. The molecule has 0 spiro atoms. The van der Waals surface area contributed by atoms with E-state index in [2.05, 4.69) is 31.9 Å². The average molecular weight is 555 g/mol. The van der Waals surface area contributed by atoms with Gasteiger partial charge in [-0.2, -0.15) is 5.10 Å². The van der Waals surface area contributed by atoms with Crippen LogP contribution in [0.1, 0.15) is 32.9 Å². The maximum Gasteiger partial charge on any atom is 0.271 e. The van der Waals surface area contributed by atoms with Crippen molar-refractivity contribution in [1.29, 1.82) is 0 Å². The Kier molecular flexibility index (Phi) is 7.73. The molecule has 0 bridgehead atoms. The first kappa shape index (κ1) is 26.5. The van der Waals surface area contributed by atoms with Crippen molar-refractivity contribution in [3.05, 3.63) is 111 Å². The summed E-state index contributed by atoms with van der Waals surface area (Å²) in [6.07, 6.45) is 1.56. The first-order chi connectivity index (χ1) is 17.5. The maximum absolute atomic E-state index is 12.9. The first-order valence-electron chi connectivity index (χ1n) is 11.2. The van der Waals surface area contributed by atoms with E-state index >= 15 is 0 Å². The highest BCUT2D eigenvalue weighted by atomic mass is 35.5. The summed E-state index contributed by atoms with van der Waals surface area (Å²) >= 11 is 12.0. The first-order valence-corrected chi connectivity index (χ1v) is 13.5. The van der Waals surface area contributed by atoms with E-state index in [9.17, 15) is 13.2 Å². The zero-order valence-electron chi connectivity index (χ0n) is 20.3. The highest BCUT2D eigenvalue weighted by Crippen LogP contribution is 2.28. The molecule has 0 saturated carbocycles. The largest absolute Gasteiger partial charge is 0.318 e. The number of carbonyl (C=O) groups is 1. The predicted molar refractivity (Wildman–Crippen MR) is 149 cm³/mol. The van der Waals surface area contributed by atoms with E-state index in [1.165, 1.54) is 42.0 Å². The van der Waals surface area contributed by atoms with Crippen LogP contribution >= 0.6 is 23.2 Å². The van der Waals surface area contributed by atoms with Crippen LogP contribution in [0.2, 0.25) is 10.0 Å². The summed E-state index contributed by atoms with van der Waals surface area (Å²) in [6, 6.07) is 20.2. The number of nitrogens with one attached hydrogen (secondary N) is 2. The Bertz CT molecular complexity index is 1610. The number of aromatic nitrogens is 1. The number of nitrogens with zero attached hydrogens (tertiary/aromatic N) is 2. The van der Waals surface area contributed by atoms with Crippen LogP contribution in [-0.4, -0.2) is 25.1 Å². The molecular formula is C27H24Cl2N4O3S. The Balaban J connectivity index is 1.49. The van der Waals surface area contributed by atoms with Crippen LogP contribution < -0.4 is 10.1 Å². The molecule has 10 heteroatoms. The molecule has 0 aliphatic heterocycles. The number of carbonyl (C=O) groups excluding carboxylic acids is 1. The third-order valence-corrected chi connectivity index (χ3v) is 7.64. The second-order valence-corrected chi connectivity index (χ2v) is 11.0. The molecule has 3 aromatic carbocycles. The topological polar surface area (TPSA) is 92.6 Å². The summed E-state index contributed by atoms with van der Waals surface area (Å²) in [4.78, 5) is 12.6. The van der Waals surface area contributed by atoms with Crippen molar-refractivity contribution < 1.29 is 13.2 Å². The molecule has 0 aliphatic carbocycles. The number of hydrazone groups is 1. The van der Waals surface area contributed by atoms with Crippen LogP contribution in [0.3, 0.4) is 0 Å². The molecule has 0 saturated heterocycles. The van der Waals surface area contributed by atoms with Crippen molar-refractivity contribution in [2.45, 2.75) is 25.7 Å². The van der Waals surface area contributed by atoms with Crippen LogP contribution in [0.25, 0.3) is 5.69 Å². The summed E-state index contributed by atoms with van der Waals surface area (Å²) in [7, 11) is -4.02. The van der Waals surface area contributed by atoms with Gasteiger partial charge in [-0.25, -0.2) is 13.8 Å². The highest BCUT2D eigenvalue weighted by Gasteiger charge is 2.18. The molecule has 7 nitrogen and oxygen atoms in total. The van der Waals surface area contributed by atoms with Crippen molar-refractivity contribution in [2.24, 2.45) is 5.10 Å². The fraction of sp³-hybridized carbons (Fsp3) is 0.111. The number of anilines is 1. The Morgan fingerprint density at radius 1 is 0.946 bits per heavy atom. The van der Waals surface area contributed by atoms with Gasteiger partial charge in [0, 0.05) is 33.2 Å². The van der Waals surface area contributed by atoms with Gasteiger partial charge in [0.15, 0.2) is 0 Å². The number of amides is 1. The highest BCUT2D eigenvalue weighted by molar-refractivity contribution is 7.92. The monoisotopic (exact) mass is 554 g/mol. The van der Waals surface area contributed by atoms with Crippen LogP contribution in [0.4, 0.5) is 5.69 Å². The van der Waals surface area contributed by atoms with Gasteiger partial charge >= 0.3 is 0 Å². The number of rotatable bonds is 7. The van der Waals surface area contributed by atoms with Crippen LogP contribution in [-0.2, 0) is 10.0 Å². The third-order valence-electron chi connectivity index (χ3n) is 5.71. The molecular weight excluding hydrogens is 531 g/mol. The molecule has 2 N–H and O–H groups in total. The predicted octanol–water partition coefficient (Wildman–Crippen LogP) is 6.27. The fourth-order valence-corrected chi connectivity index (χ4v) is 5.33. The van der Waals surface area contributed by atoms with Crippen molar-refractivity contribution in [1.82, 2.24) is 9.99 Å². The van der Waals surface area contributed by atoms with Gasteiger partial charge in [-0.15, -0.1) is 0 Å². The Morgan fingerprint density at radius 2 is 1.68 bits per heavy atom. The van der Waals surface area contributed by atoms with Gasteiger partial charge in [0.1, 0.15) is 0 Å². The smallest absolute Gasteiger partial charge is 0.271 e. The third kappa shape index (κ3) is 6.05. The summed E-state index contributed by atoms with van der Waals surface area (Å²) in [5.74, 6) is -0.554. The normalized spacial score (nSPS) is 11.6. The van der Waals surface area contributed by atoms with Gasteiger partial charge < -0.3 is 4.57 Å². The molecule has 0 fully saturated rings. The van der Waals surface area contributed by atoms with E-state index in [1.54, 1.807) is 12.3 Å². The van der Waals surface area contributed by atoms with Gasteiger partial charge in [-0.05, 0) is 75.4 Å². The Labute approximate surface area is 225 Å². The standard InChI is InChI=1S/C27H24Cl2N4O3S/c1-17-7-10-23(11-8-17)33-18(2)13-21(19(33)3)16-30-31-27(34)20-5-4-6-24(14-20)37(35,36)32-26-15-22(28)9-12-25(26)29/h4-16,32H,1-3H3,(H,31,34)/b30-16+. The van der Waals surface area contributed by atoms with Gasteiger partial charge in [-0.3, -0.25) is 9.52 Å². The van der Waals surface area contributed by atoms with Gasteiger partial charge in [-0.1, -0.05) is 47.0 Å². The lowest BCUT2D eigenvalue weighted by atomic mass is 10.2. The molecule has 1 aromatic heterocycles. The molecule has 37 heavy (non-hydrogen) atoms. The van der Waals surface area contributed by atoms with E-state index in [1.807, 2.05) is 39.0 Å². The van der Waals surface area contributed by atoms with Gasteiger partial charge in [0.2, 0.25) is 0 Å².